The maximum atomic E-state index is 11.4. The van der Waals surface area contributed by atoms with Gasteiger partial charge in [0.05, 0.1) is 6.10 Å². The van der Waals surface area contributed by atoms with Gasteiger partial charge in [0.25, 0.3) is 20.2 Å². The van der Waals surface area contributed by atoms with E-state index in [1.54, 1.807) is 6.92 Å². The van der Waals surface area contributed by atoms with Crippen molar-refractivity contribution in [1.82, 2.24) is 0 Å². The Bertz CT molecular complexity index is 435. The van der Waals surface area contributed by atoms with Crippen LogP contribution in [-0.2, 0) is 20.2 Å². The van der Waals surface area contributed by atoms with E-state index in [0.717, 1.165) is 0 Å². The summed E-state index contributed by atoms with van der Waals surface area (Å²) < 4.78 is 101. The van der Waals surface area contributed by atoms with Gasteiger partial charge in [-0.1, -0.05) is 0 Å². The zero-order chi connectivity index (χ0) is 20.0. The zero-order valence-electron chi connectivity index (χ0n) is 12.7. The molecule has 0 rings (SSSR count). The largest absolute Gasteiger partial charge is 0.396 e. The first kappa shape index (κ1) is 28.3. The average molecular weight is 410 g/mol. The van der Waals surface area contributed by atoms with E-state index in [1.165, 1.54) is 0 Å². The van der Waals surface area contributed by atoms with Crippen molar-refractivity contribution in [2.24, 2.45) is 0 Å². The second-order valence-electron chi connectivity index (χ2n) is 4.25. The fourth-order valence-electron chi connectivity index (χ4n) is 0.588. The molecule has 4 N–H and O–H groups in total. The molecule has 0 saturated carbocycles. The number of aliphatic hydroxyl groups excluding tert-OH is 2. The van der Waals surface area contributed by atoms with Gasteiger partial charge in [-0.25, -0.2) is 17.6 Å². The van der Waals surface area contributed by atoms with Gasteiger partial charge in [-0.3, -0.25) is 9.11 Å². The molecule has 0 radical (unpaired) electrons. The molecule has 24 heavy (non-hydrogen) atoms. The van der Waals surface area contributed by atoms with Crippen molar-refractivity contribution in [3.63, 3.8) is 0 Å². The van der Waals surface area contributed by atoms with Crippen LogP contribution >= 0.6 is 0 Å². The minimum Gasteiger partial charge on any atom is -0.396 e. The molecule has 0 aromatic rings. The van der Waals surface area contributed by atoms with Crippen LogP contribution in [0.2, 0.25) is 0 Å². The van der Waals surface area contributed by atoms with Crippen LogP contribution in [0.4, 0.5) is 17.6 Å². The van der Waals surface area contributed by atoms with E-state index in [4.69, 9.17) is 19.3 Å². The molecule has 0 aliphatic rings. The standard InChI is InChI=1S/C4H10O2.2C3H6F2O3S/c1-4(6)2-3-5;2*4-1-3(2-5)9(6,7)8/h4-6H,2-3H2,1H3;2*3H,1-2H2,(H,6,7,8). The van der Waals surface area contributed by atoms with E-state index in [9.17, 15) is 34.4 Å². The topological polar surface area (TPSA) is 149 Å². The number of alkyl halides is 4. The van der Waals surface area contributed by atoms with Crippen LogP contribution in [-0.4, -0.2) is 86.1 Å². The average Bonchev–Trinajstić information content (AvgIpc) is 2.39. The maximum absolute atomic E-state index is 11.4. The lowest BCUT2D eigenvalue weighted by Gasteiger charge is -2.01. The summed E-state index contributed by atoms with van der Waals surface area (Å²) in [4.78, 5) is 0. The van der Waals surface area contributed by atoms with Gasteiger partial charge >= 0.3 is 0 Å². The predicted octanol–water partition coefficient (Wildman–Crippen LogP) is 0.113. The lowest BCUT2D eigenvalue weighted by Crippen LogP contribution is -2.24. The fourth-order valence-corrected chi connectivity index (χ4v) is 1.22. The van der Waals surface area contributed by atoms with Crippen molar-refractivity contribution in [2.75, 3.05) is 33.3 Å². The van der Waals surface area contributed by atoms with Crippen LogP contribution in [0.15, 0.2) is 0 Å². The molecule has 8 nitrogen and oxygen atoms in total. The third-order valence-corrected chi connectivity index (χ3v) is 4.27. The summed E-state index contributed by atoms with van der Waals surface area (Å²) >= 11 is 0. The maximum Gasteiger partial charge on any atom is 0.272 e. The number of hydrogen-bond acceptors (Lipinski definition) is 6. The van der Waals surface area contributed by atoms with Gasteiger partial charge in [0.2, 0.25) is 0 Å². The van der Waals surface area contributed by atoms with Crippen molar-refractivity contribution < 1.29 is 53.7 Å². The molecule has 1 unspecified atom stereocenters. The second-order valence-corrected chi connectivity index (χ2v) is 7.65. The molecule has 150 valence electrons. The van der Waals surface area contributed by atoms with Gasteiger partial charge in [0, 0.05) is 6.61 Å². The number of rotatable bonds is 8. The van der Waals surface area contributed by atoms with Gasteiger partial charge in [-0.05, 0) is 13.3 Å². The molecule has 0 amide bonds. The van der Waals surface area contributed by atoms with Crippen LogP contribution in [0.3, 0.4) is 0 Å². The van der Waals surface area contributed by atoms with E-state index >= 15 is 0 Å². The summed E-state index contributed by atoms with van der Waals surface area (Å²) in [6, 6.07) is 0. The number of halogens is 4. The van der Waals surface area contributed by atoms with E-state index in [1.807, 2.05) is 0 Å². The van der Waals surface area contributed by atoms with Gasteiger partial charge in [-0.15, -0.1) is 0 Å². The lowest BCUT2D eigenvalue weighted by molar-refractivity contribution is 0.148. The molecule has 0 spiro atoms. The minimum atomic E-state index is -4.52. The molecule has 0 aromatic heterocycles. The molecule has 0 fully saturated rings. The molecule has 1 atom stereocenters. The Kier molecular flexibility index (Phi) is 17.4. The minimum absolute atomic E-state index is 0.0810. The van der Waals surface area contributed by atoms with Gasteiger partial charge in [0.15, 0.2) is 0 Å². The Balaban J connectivity index is -0.000000282. The summed E-state index contributed by atoms with van der Waals surface area (Å²) in [5.74, 6) is 0. The highest BCUT2D eigenvalue weighted by molar-refractivity contribution is 7.86. The summed E-state index contributed by atoms with van der Waals surface area (Å²) in [5.41, 5.74) is 0. The third kappa shape index (κ3) is 17.8. The number of aliphatic hydroxyl groups is 2. The van der Waals surface area contributed by atoms with E-state index in [-0.39, 0.29) is 12.7 Å². The molecule has 0 aromatic carbocycles. The van der Waals surface area contributed by atoms with Gasteiger partial charge in [-0.2, -0.15) is 16.8 Å². The Labute approximate surface area is 138 Å². The first-order valence-electron chi connectivity index (χ1n) is 6.27. The summed E-state index contributed by atoms with van der Waals surface area (Å²) in [6.45, 7) is -3.84. The normalized spacial score (nSPS) is 13.0. The second kappa shape index (κ2) is 14.8. The van der Waals surface area contributed by atoms with Crippen molar-refractivity contribution >= 4 is 20.2 Å². The molecular weight excluding hydrogens is 388 g/mol. The van der Waals surface area contributed by atoms with Crippen molar-refractivity contribution in [3.05, 3.63) is 0 Å². The zero-order valence-corrected chi connectivity index (χ0v) is 14.4. The highest BCUT2D eigenvalue weighted by Crippen LogP contribution is 2.00. The monoisotopic (exact) mass is 410 g/mol. The molecular formula is C10H22F4O8S2. The SMILES string of the molecule is CC(O)CCO.O=S(=O)(O)C(CF)CF.O=S(=O)(O)C(CF)CF. The van der Waals surface area contributed by atoms with Crippen molar-refractivity contribution in [2.45, 2.75) is 29.9 Å². The van der Waals surface area contributed by atoms with E-state index < -0.39 is 57.4 Å². The molecule has 14 heteroatoms. The first-order valence-corrected chi connectivity index (χ1v) is 9.27. The first-order chi connectivity index (χ1) is 10.8. The Hall–Kier alpha value is -0.540. The van der Waals surface area contributed by atoms with Gasteiger partial charge < -0.3 is 10.2 Å². The van der Waals surface area contributed by atoms with E-state index in [0.29, 0.717) is 6.42 Å². The van der Waals surface area contributed by atoms with Crippen LogP contribution < -0.4 is 0 Å². The Morgan fingerprint density at radius 3 is 1.04 bits per heavy atom. The van der Waals surface area contributed by atoms with Crippen LogP contribution in [0.25, 0.3) is 0 Å². The molecule has 0 aliphatic heterocycles. The van der Waals surface area contributed by atoms with Crippen molar-refractivity contribution in [1.29, 1.82) is 0 Å². The van der Waals surface area contributed by atoms with E-state index in [2.05, 4.69) is 0 Å². The van der Waals surface area contributed by atoms with Gasteiger partial charge in [0.1, 0.15) is 37.2 Å². The Morgan fingerprint density at radius 2 is 1.04 bits per heavy atom. The summed E-state index contributed by atoms with van der Waals surface area (Å²) in [7, 11) is -9.03. The molecule has 0 heterocycles. The highest BCUT2D eigenvalue weighted by atomic mass is 32.2. The third-order valence-electron chi connectivity index (χ3n) is 2.08. The van der Waals surface area contributed by atoms with Crippen LogP contribution in [0, 0.1) is 0 Å². The fraction of sp³-hybridized carbons (Fsp3) is 1.00. The smallest absolute Gasteiger partial charge is 0.272 e. The summed E-state index contributed by atoms with van der Waals surface area (Å²) in [5, 5.41) is 12.7. The molecule has 0 bridgehead atoms. The highest BCUT2D eigenvalue weighted by Gasteiger charge is 2.22. The predicted molar refractivity (Wildman–Crippen MR) is 78.0 cm³/mol. The van der Waals surface area contributed by atoms with Crippen LogP contribution in [0.5, 0.6) is 0 Å². The van der Waals surface area contributed by atoms with Crippen molar-refractivity contribution in [3.8, 4) is 0 Å². The quantitative estimate of drug-likeness (QED) is 0.325. The van der Waals surface area contributed by atoms with Crippen LogP contribution in [0.1, 0.15) is 13.3 Å². The summed E-state index contributed by atoms with van der Waals surface area (Å²) in [6.07, 6.45) is 0.134. The Morgan fingerprint density at radius 1 is 0.792 bits per heavy atom. The lowest BCUT2D eigenvalue weighted by atomic mass is 10.3. The molecule has 0 aliphatic carbocycles. The number of hydrogen-bond donors (Lipinski definition) is 4. The molecule has 0 saturated heterocycles.